The van der Waals surface area contributed by atoms with E-state index in [0.29, 0.717) is 17.1 Å². The normalized spacial score (nSPS) is 15.7. The summed E-state index contributed by atoms with van der Waals surface area (Å²) in [6.45, 7) is 3.81. The van der Waals surface area contributed by atoms with E-state index in [9.17, 15) is 9.59 Å². The number of fused-ring (bicyclic) bond motifs is 1. The standard InChI is InChI=1S/C14H19N3O3/c1-8(2)13(15)14(19)16-9-4-5-11-10(6-9)17(3)12(18)7-20-11/h4-6,8,13H,7,15H2,1-3H3,(H,16,19)/t13-/m0/s1. The molecule has 2 rings (SSSR count). The van der Waals surface area contributed by atoms with Crippen LogP contribution in [0.2, 0.25) is 0 Å². The summed E-state index contributed by atoms with van der Waals surface area (Å²) in [5, 5.41) is 2.75. The van der Waals surface area contributed by atoms with Crippen molar-refractivity contribution in [2.45, 2.75) is 19.9 Å². The third-order valence-electron chi connectivity index (χ3n) is 3.33. The molecule has 0 saturated heterocycles. The minimum absolute atomic E-state index is 0.0351. The van der Waals surface area contributed by atoms with Crippen LogP contribution in [0.3, 0.4) is 0 Å². The number of likely N-dealkylation sites (N-methyl/N-ethyl adjacent to an activating group) is 1. The number of rotatable bonds is 3. The number of benzene rings is 1. The zero-order chi connectivity index (χ0) is 14.9. The van der Waals surface area contributed by atoms with Gasteiger partial charge in [-0.05, 0) is 24.1 Å². The summed E-state index contributed by atoms with van der Waals surface area (Å²) in [5.41, 5.74) is 7.02. The predicted octanol–water partition coefficient (Wildman–Crippen LogP) is 0.964. The highest BCUT2D eigenvalue weighted by Gasteiger charge is 2.23. The highest BCUT2D eigenvalue weighted by Crippen LogP contribution is 2.33. The molecule has 3 N–H and O–H groups in total. The lowest BCUT2D eigenvalue weighted by Gasteiger charge is -2.26. The van der Waals surface area contributed by atoms with Gasteiger partial charge in [0.15, 0.2) is 6.61 Å². The number of nitrogens with one attached hydrogen (secondary N) is 1. The molecule has 0 saturated carbocycles. The molecule has 0 aliphatic carbocycles. The van der Waals surface area contributed by atoms with Gasteiger partial charge in [-0.25, -0.2) is 0 Å². The van der Waals surface area contributed by atoms with Gasteiger partial charge in [0.25, 0.3) is 5.91 Å². The maximum absolute atomic E-state index is 11.9. The van der Waals surface area contributed by atoms with Gasteiger partial charge in [-0.2, -0.15) is 0 Å². The van der Waals surface area contributed by atoms with Crippen molar-refractivity contribution in [1.82, 2.24) is 0 Å². The summed E-state index contributed by atoms with van der Waals surface area (Å²) in [4.78, 5) is 25.0. The molecular weight excluding hydrogens is 258 g/mol. The monoisotopic (exact) mass is 277 g/mol. The van der Waals surface area contributed by atoms with Crippen molar-refractivity contribution in [3.05, 3.63) is 18.2 Å². The summed E-state index contributed by atoms with van der Waals surface area (Å²) in [7, 11) is 1.68. The Labute approximate surface area is 117 Å². The van der Waals surface area contributed by atoms with Crippen LogP contribution in [0.4, 0.5) is 11.4 Å². The number of carbonyl (C=O) groups is 2. The lowest BCUT2D eigenvalue weighted by atomic mass is 10.0. The molecule has 6 nitrogen and oxygen atoms in total. The lowest BCUT2D eigenvalue weighted by Crippen LogP contribution is -2.40. The molecule has 0 fully saturated rings. The number of carbonyl (C=O) groups excluding carboxylic acids is 2. The summed E-state index contributed by atoms with van der Waals surface area (Å²) in [6, 6.07) is 4.60. The first kappa shape index (κ1) is 14.3. The van der Waals surface area contributed by atoms with E-state index < -0.39 is 6.04 Å². The van der Waals surface area contributed by atoms with Gasteiger partial charge in [-0.1, -0.05) is 13.8 Å². The maximum Gasteiger partial charge on any atom is 0.264 e. The number of hydrogen-bond acceptors (Lipinski definition) is 4. The van der Waals surface area contributed by atoms with Crippen LogP contribution in [0.1, 0.15) is 13.8 Å². The summed E-state index contributed by atoms with van der Waals surface area (Å²) in [6.07, 6.45) is 0. The highest BCUT2D eigenvalue weighted by atomic mass is 16.5. The van der Waals surface area contributed by atoms with Gasteiger partial charge in [0.1, 0.15) is 5.75 Å². The summed E-state index contributed by atoms with van der Waals surface area (Å²) >= 11 is 0. The lowest BCUT2D eigenvalue weighted by molar-refractivity contribution is -0.121. The molecule has 1 aliphatic rings. The third kappa shape index (κ3) is 2.75. The molecule has 108 valence electrons. The predicted molar refractivity (Wildman–Crippen MR) is 76.8 cm³/mol. The largest absolute Gasteiger partial charge is 0.482 e. The highest BCUT2D eigenvalue weighted by molar-refractivity contribution is 5.99. The second kappa shape index (κ2) is 5.50. The number of anilines is 2. The molecule has 0 aromatic heterocycles. The number of nitrogens with zero attached hydrogens (tertiary/aromatic N) is 1. The maximum atomic E-state index is 11.9. The Bertz CT molecular complexity index is 542. The number of amides is 2. The van der Waals surface area contributed by atoms with Crippen LogP contribution in [0.5, 0.6) is 5.75 Å². The molecule has 1 heterocycles. The Hall–Kier alpha value is -2.08. The molecule has 1 aliphatic heterocycles. The summed E-state index contributed by atoms with van der Waals surface area (Å²) < 4.78 is 5.32. The molecule has 1 aromatic carbocycles. The molecule has 0 radical (unpaired) electrons. The van der Waals surface area contributed by atoms with E-state index in [2.05, 4.69) is 5.32 Å². The van der Waals surface area contributed by atoms with Gasteiger partial charge in [-0.15, -0.1) is 0 Å². The minimum Gasteiger partial charge on any atom is -0.482 e. The molecule has 1 aromatic rings. The van der Waals surface area contributed by atoms with Crippen LogP contribution >= 0.6 is 0 Å². The quantitative estimate of drug-likeness (QED) is 0.862. The van der Waals surface area contributed by atoms with Crippen molar-refractivity contribution in [2.75, 3.05) is 23.9 Å². The van der Waals surface area contributed by atoms with Crippen molar-refractivity contribution in [2.24, 2.45) is 11.7 Å². The first-order valence-corrected chi connectivity index (χ1v) is 6.50. The van der Waals surface area contributed by atoms with Crippen LogP contribution in [-0.2, 0) is 9.59 Å². The van der Waals surface area contributed by atoms with E-state index in [-0.39, 0.29) is 24.3 Å². The van der Waals surface area contributed by atoms with E-state index in [4.69, 9.17) is 10.5 Å². The van der Waals surface area contributed by atoms with Crippen LogP contribution in [0.15, 0.2) is 18.2 Å². The van der Waals surface area contributed by atoms with Gasteiger partial charge in [0, 0.05) is 12.7 Å². The van der Waals surface area contributed by atoms with E-state index in [1.54, 1.807) is 25.2 Å². The second-order valence-electron chi connectivity index (χ2n) is 5.18. The van der Waals surface area contributed by atoms with Crippen molar-refractivity contribution < 1.29 is 14.3 Å². The van der Waals surface area contributed by atoms with Crippen molar-refractivity contribution in [3.8, 4) is 5.75 Å². The second-order valence-corrected chi connectivity index (χ2v) is 5.18. The average molecular weight is 277 g/mol. The molecule has 6 heteroatoms. The van der Waals surface area contributed by atoms with E-state index in [1.165, 1.54) is 4.90 Å². The van der Waals surface area contributed by atoms with Crippen molar-refractivity contribution in [3.63, 3.8) is 0 Å². The number of nitrogens with two attached hydrogens (primary N) is 1. The zero-order valence-electron chi connectivity index (χ0n) is 11.8. The summed E-state index contributed by atoms with van der Waals surface area (Å²) in [5.74, 6) is 0.309. The van der Waals surface area contributed by atoms with Crippen molar-refractivity contribution >= 4 is 23.2 Å². The zero-order valence-corrected chi connectivity index (χ0v) is 11.8. The number of hydrogen-bond donors (Lipinski definition) is 2. The topological polar surface area (TPSA) is 84.7 Å². The SMILES string of the molecule is CC(C)[C@H](N)C(=O)Nc1ccc2c(c1)N(C)C(=O)CO2. The Morgan fingerprint density at radius 3 is 2.80 bits per heavy atom. The molecular formula is C14H19N3O3. The van der Waals surface area contributed by atoms with Crippen LogP contribution in [0.25, 0.3) is 0 Å². The molecule has 20 heavy (non-hydrogen) atoms. The Morgan fingerprint density at radius 1 is 1.45 bits per heavy atom. The van der Waals surface area contributed by atoms with Gasteiger partial charge < -0.3 is 20.7 Å². The Morgan fingerprint density at radius 2 is 2.15 bits per heavy atom. The molecule has 0 bridgehead atoms. The molecule has 2 amide bonds. The molecule has 0 unspecified atom stereocenters. The number of ether oxygens (including phenoxy) is 1. The van der Waals surface area contributed by atoms with Gasteiger partial charge >= 0.3 is 0 Å². The molecule has 1 atom stereocenters. The smallest absolute Gasteiger partial charge is 0.264 e. The third-order valence-corrected chi connectivity index (χ3v) is 3.33. The van der Waals surface area contributed by atoms with Gasteiger partial charge in [-0.3, -0.25) is 9.59 Å². The fraction of sp³-hybridized carbons (Fsp3) is 0.429. The first-order valence-electron chi connectivity index (χ1n) is 6.50. The van der Waals surface area contributed by atoms with Gasteiger partial charge in [0.05, 0.1) is 11.7 Å². The first-order chi connectivity index (χ1) is 9.40. The fourth-order valence-corrected chi connectivity index (χ4v) is 1.88. The van der Waals surface area contributed by atoms with E-state index in [1.807, 2.05) is 13.8 Å². The van der Waals surface area contributed by atoms with E-state index >= 15 is 0 Å². The van der Waals surface area contributed by atoms with Gasteiger partial charge in [0.2, 0.25) is 5.91 Å². The minimum atomic E-state index is -0.568. The fourth-order valence-electron chi connectivity index (χ4n) is 1.88. The van der Waals surface area contributed by atoms with Crippen molar-refractivity contribution in [1.29, 1.82) is 0 Å². The molecule has 0 spiro atoms. The van der Waals surface area contributed by atoms with Crippen LogP contribution in [-0.4, -0.2) is 31.5 Å². The van der Waals surface area contributed by atoms with Crippen LogP contribution in [0, 0.1) is 5.92 Å². The van der Waals surface area contributed by atoms with Crippen LogP contribution < -0.4 is 20.7 Å². The Kier molecular flexibility index (Phi) is 3.94. The Balaban J connectivity index is 2.19. The van der Waals surface area contributed by atoms with E-state index in [0.717, 1.165) is 0 Å². The average Bonchev–Trinajstić information content (AvgIpc) is 2.42.